The Balaban J connectivity index is 2.98. The molecule has 0 saturated heterocycles. The molecule has 0 bridgehead atoms. The van der Waals surface area contributed by atoms with E-state index in [4.69, 9.17) is 22.6 Å². The number of nitrogen functional groups attached to an aromatic ring is 1. The topological polar surface area (TPSA) is 105 Å². The van der Waals surface area contributed by atoms with Crippen LogP contribution < -0.4 is 11.1 Å². The summed E-state index contributed by atoms with van der Waals surface area (Å²) in [5.74, 6) is -2.01. The van der Waals surface area contributed by atoms with Gasteiger partial charge < -0.3 is 15.8 Å². The van der Waals surface area contributed by atoms with Crippen molar-refractivity contribution in [1.29, 1.82) is 5.26 Å². The third kappa shape index (κ3) is 3.12. The van der Waals surface area contributed by atoms with Gasteiger partial charge in [-0.25, -0.2) is 4.79 Å². The first-order chi connectivity index (χ1) is 8.49. The lowest BCUT2D eigenvalue weighted by Gasteiger charge is -2.08. The molecule has 6 nitrogen and oxygen atoms in total. The van der Waals surface area contributed by atoms with Crippen LogP contribution in [-0.2, 0) is 14.3 Å². The second-order valence-corrected chi connectivity index (χ2v) is 3.59. The summed E-state index contributed by atoms with van der Waals surface area (Å²) in [7, 11) is 0. The lowest BCUT2D eigenvalue weighted by atomic mass is 10.2. The van der Waals surface area contributed by atoms with Crippen molar-refractivity contribution < 1.29 is 14.3 Å². The SMILES string of the molecule is CCOC(=O)C(=O)Nc1cc(C#N)cc(N)c1Cl. The molecule has 0 unspecified atom stereocenters. The highest BCUT2D eigenvalue weighted by Crippen LogP contribution is 2.29. The van der Waals surface area contributed by atoms with Crippen LogP contribution in [-0.4, -0.2) is 18.5 Å². The molecular formula is C11H10ClN3O3. The molecule has 0 aromatic heterocycles. The second-order valence-electron chi connectivity index (χ2n) is 3.21. The van der Waals surface area contributed by atoms with Crippen LogP contribution in [0, 0.1) is 11.3 Å². The van der Waals surface area contributed by atoms with Crippen molar-refractivity contribution in [2.24, 2.45) is 0 Å². The first-order valence-electron chi connectivity index (χ1n) is 4.96. The van der Waals surface area contributed by atoms with E-state index in [9.17, 15) is 9.59 Å². The number of carbonyl (C=O) groups excluding carboxylic acids is 2. The average Bonchev–Trinajstić information content (AvgIpc) is 2.34. The van der Waals surface area contributed by atoms with Crippen LogP contribution in [0.2, 0.25) is 5.02 Å². The molecule has 0 aliphatic heterocycles. The van der Waals surface area contributed by atoms with E-state index in [0.717, 1.165) is 0 Å². The molecule has 0 fully saturated rings. The van der Waals surface area contributed by atoms with Gasteiger partial charge in [0.05, 0.1) is 34.6 Å². The number of anilines is 2. The van der Waals surface area contributed by atoms with Crippen LogP contribution in [0.5, 0.6) is 0 Å². The van der Waals surface area contributed by atoms with E-state index in [2.05, 4.69) is 10.1 Å². The molecule has 0 heterocycles. The first kappa shape index (κ1) is 13.8. The number of hydrogen-bond acceptors (Lipinski definition) is 5. The largest absolute Gasteiger partial charge is 0.459 e. The number of hydrogen-bond donors (Lipinski definition) is 2. The Morgan fingerprint density at radius 2 is 2.22 bits per heavy atom. The van der Waals surface area contributed by atoms with Gasteiger partial charge in [0.1, 0.15) is 0 Å². The summed E-state index contributed by atoms with van der Waals surface area (Å²) in [6, 6.07) is 4.54. The highest BCUT2D eigenvalue weighted by molar-refractivity contribution is 6.40. The number of nitrogens with zero attached hydrogens (tertiary/aromatic N) is 1. The monoisotopic (exact) mass is 267 g/mol. The molecule has 0 atom stereocenters. The van der Waals surface area contributed by atoms with E-state index >= 15 is 0 Å². The molecule has 1 aromatic carbocycles. The minimum atomic E-state index is -1.03. The molecule has 0 saturated carbocycles. The van der Waals surface area contributed by atoms with Gasteiger partial charge in [0.25, 0.3) is 0 Å². The summed E-state index contributed by atoms with van der Waals surface area (Å²) in [5.41, 5.74) is 6.00. The highest BCUT2D eigenvalue weighted by Gasteiger charge is 2.17. The number of halogens is 1. The first-order valence-corrected chi connectivity index (χ1v) is 5.34. The number of benzene rings is 1. The summed E-state index contributed by atoms with van der Waals surface area (Å²) in [6.45, 7) is 1.66. The lowest BCUT2D eigenvalue weighted by molar-refractivity contribution is -0.152. The van der Waals surface area contributed by atoms with Crippen LogP contribution in [0.1, 0.15) is 12.5 Å². The number of nitrogens with two attached hydrogens (primary N) is 1. The summed E-state index contributed by atoms with van der Waals surface area (Å²) < 4.78 is 4.51. The van der Waals surface area contributed by atoms with Crippen molar-refractivity contribution in [2.45, 2.75) is 6.92 Å². The van der Waals surface area contributed by atoms with Crippen LogP contribution in [0.15, 0.2) is 12.1 Å². The number of esters is 1. The second kappa shape index (κ2) is 5.89. The standard InChI is InChI=1S/C11H10ClN3O3/c1-2-18-11(17)10(16)15-8-4-6(5-13)3-7(14)9(8)12/h3-4H,2,14H2,1H3,(H,15,16). The number of nitrogens with one attached hydrogen (secondary N) is 1. The van der Waals surface area contributed by atoms with Gasteiger partial charge in [-0.15, -0.1) is 0 Å². The third-order valence-corrected chi connectivity index (χ3v) is 2.36. The van der Waals surface area contributed by atoms with Crippen LogP contribution in [0.3, 0.4) is 0 Å². The maximum atomic E-state index is 11.4. The maximum absolute atomic E-state index is 11.4. The Hall–Kier alpha value is -2.26. The molecule has 18 heavy (non-hydrogen) atoms. The molecule has 7 heteroatoms. The van der Waals surface area contributed by atoms with Gasteiger partial charge >= 0.3 is 11.9 Å². The molecule has 0 aliphatic carbocycles. The fraction of sp³-hybridized carbons (Fsp3) is 0.182. The molecule has 0 spiro atoms. The van der Waals surface area contributed by atoms with Crippen molar-refractivity contribution in [3.63, 3.8) is 0 Å². The molecule has 0 radical (unpaired) electrons. The fourth-order valence-corrected chi connectivity index (χ4v) is 1.33. The Kier molecular flexibility index (Phi) is 4.52. The summed E-state index contributed by atoms with van der Waals surface area (Å²) in [5, 5.41) is 11.0. The maximum Gasteiger partial charge on any atom is 0.397 e. The van der Waals surface area contributed by atoms with Gasteiger partial charge in [-0.05, 0) is 19.1 Å². The highest BCUT2D eigenvalue weighted by atomic mass is 35.5. The Morgan fingerprint density at radius 3 is 2.78 bits per heavy atom. The van der Waals surface area contributed by atoms with E-state index in [1.165, 1.54) is 12.1 Å². The Labute approximate surface area is 108 Å². The molecule has 1 aromatic rings. The predicted molar refractivity (Wildman–Crippen MR) is 65.8 cm³/mol. The smallest absolute Gasteiger partial charge is 0.397 e. The normalized spacial score (nSPS) is 9.39. The summed E-state index contributed by atoms with van der Waals surface area (Å²) in [6.07, 6.45) is 0. The molecule has 3 N–H and O–H groups in total. The summed E-state index contributed by atoms with van der Waals surface area (Å²) >= 11 is 5.85. The average molecular weight is 268 g/mol. The lowest BCUT2D eigenvalue weighted by Crippen LogP contribution is -2.25. The van der Waals surface area contributed by atoms with Crippen LogP contribution in [0.25, 0.3) is 0 Å². The Bertz CT molecular complexity index is 537. The number of ether oxygens (including phenoxy) is 1. The van der Waals surface area contributed by atoms with Gasteiger partial charge in [0.2, 0.25) is 0 Å². The van der Waals surface area contributed by atoms with Gasteiger partial charge in [-0.1, -0.05) is 11.6 Å². The van der Waals surface area contributed by atoms with E-state index in [0.29, 0.717) is 0 Å². The minimum Gasteiger partial charge on any atom is -0.459 e. The number of carbonyl (C=O) groups is 2. The number of nitriles is 1. The van der Waals surface area contributed by atoms with E-state index in [1.807, 2.05) is 6.07 Å². The fourth-order valence-electron chi connectivity index (χ4n) is 1.17. The van der Waals surface area contributed by atoms with Crippen LogP contribution >= 0.6 is 11.6 Å². The molecule has 1 rings (SSSR count). The molecule has 94 valence electrons. The Morgan fingerprint density at radius 1 is 1.56 bits per heavy atom. The van der Waals surface area contributed by atoms with Gasteiger partial charge in [-0.2, -0.15) is 5.26 Å². The van der Waals surface area contributed by atoms with Gasteiger partial charge in [0.15, 0.2) is 0 Å². The van der Waals surface area contributed by atoms with E-state index in [1.54, 1.807) is 6.92 Å². The molecular weight excluding hydrogens is 258 g/mol. The van der Waals surface area contributed by atoms with Crippen molar-refractivity contribution in [3.05, 3.63) is 22.7 Å². The zero-order valence-corrected chi connectivity index (χ0v) is 10.2. The zero-order chi connectivity index (χ0) is 13.7. The van der Waals surface area contributed by atoms with Crippen molar-refractivity contribution in [2.75, 3.05) is 17.7 Å². The predicted octanol–water partition coefficient (Wildman–Crippen LogP) is 1.30. The summed E-state index contributed by atoms with van der Waals surface area (Å²) in [4.78, 5) is 22.5. The molecule has 1 amide bonds. The quantitative estimate of drug-likeness (QED) is 0.477. The zero-order valence-electron chi connectivity index (χ0n) is 9.49. The van der Waals surface area contributed by atoms with Crippen molar-refractivity contribution in [1.82, 2.24) is 0 Å². The van der Waals surface area contributed by atoms with E-state index < -0.39 is 11.9 Å². The number of rotatable bonds is 2. The van der Waals surface area contributed by atoms with E-state index in [-0.39, 0.29) is 28.6 Å². The minimum absolute atomic E-state index is 0.0617. The van der Waals surface area contributed by atoms with Gasteiger partial charge in [0, 0.05) is 0 Å². The van der Waals surface area contributed by atoms with Crippen molar-refractivity contribution >= 4 is 34.9 Å². The molecule has 0 aliphatic rings. The van der Waals surface area contributed by atoms with Gasteiger partial charge in [-0.3, -0.25) is 4.79 Å². The van der Waals surface area contributed by atoms with Crippen LogP contribution in [0.4, 0.5) is 11.4 Å². The van der Waals surface area contributed by atoms with Crippen molar-refractivity contribution in [3.8, 4) is 6.07 Å². The number of amides is 1. The third-order valence-electron chi connectivity index (χ3n) is 1.94.